The molecular formula is C21H27N3O2. The minimum absolute atomic E-state index is 0.340. The van der Waals surface area contributed by atoms with E-state index in [2.05, 4.69) is 46.1 Å². The Bertz CT molecular complexity index is 722. The Labute approximate surface area is 155 Å². The van der Waals surface area contributed by atoms with Gasteiger partial charge >= 0.3 is 0 Å². The van der Waals surface area contributed by atoms with Crippen molar-refractivity contribution in [1.82, 2.24) is 14.8 Å². The number of ether oxygens (including phenoxy) is 2. The van der Waals surface area contributed by atoms with Crippen molar-refractivity contribution in [1.29, 1.82) is 0 Å². The monoisotopic (exact) mass is 353 g/mol. The fraction of sp³-hybridized carbons (Fsp3) is 0.476. The van der Waals surface area contributed by atoms with E-state index in [-0.39, 0.29) is 0 Å². The van der Waals surface area contributed by atoms with Gasteiger partial charge in [-0.1, -0.05) is 18.2 Å². The summed E-state index contributed by atoms with van der Waals surface area (Å²) in [7, 11) is 2.23. The largest absolute Gasteiger partial charge is 0.454 e. The predicted octanol–water partition coefficient (Wildman–Crippen LogP) is 3.30. The van der Waals surface area contributed by atoms with E-state index in [1.807, 2.05) is 18.3 Å². The van der Waals surface area contributed by atoms with E-state index in [4.69, 9.17) is 9.47 Å². The molecule has 0 bridgehead atoms. The Morgan fingerprint density at radius 1 is 1.12 bits per heavy atom. The molecule has 1 aromatic heterocycles. The highest BCUT2D eigenvalue weighted by Crippen LogP contribution is 2.36. The van der Waals surface area contributed by atoms with Gasteiger partial charge in [0.2, 0.25) is 6.79 Å². The minimum Gasteiger partial charge on any atom is -0.454 e. The number of nitrogens with zero attached hydrogens (tertiary/aromatic N) is 3. The molecule has 2 aromatic rings. The van der Waals surface area contributed by atoms with Crippen molar-refractivity contribution in [3.8, 4) is 11.5 Å². The molecule has 5 nitrogen and oxygen atoms in total. The number of fused-ring (bicyclic) bond motifs is 1. The second-order valence-corrected chi connectivity index (χ2v) is 7.25. The molecule has 0 N–H and O–H groups in total. The van der Waals surface area contributed by atoms with Crippen LogP contribution in [0.25, 0.3) is 0 Å². The Kier molecular flexibility index (Phi) is 5.37. The number of hydrogen-bond donors (Lipinski definition) is 0. The van der Waals surface area contributed by atoms with Gasteiger partial charge in [0, 0.05) is 30.9 Å². The van der Waals surface area contributed by atoms with Crippen LogP contribution in [-0.4, -0.2) is 47.8 Å². The first-order chi connectivity index (χ1) is 12.8. The lowest BCUT2D eigenvalue weighted by atomic mass is 10.1. The Hall–Kier alpha value is -2.11. The van der Waals surface area contributed by atoms with Crippen molar-refractivity contribution >= 4 is 0 Å². The van der Waals surface area contributed by atoms with Crippen LogP contribution in [0.15, 0.2) is 42.6 Å². The van der Waals surface area contributed by atoms with Gasteiger partial charge in [-0.05, 0) is 57.6 Å². The van der Waals surface area contributed by atoms with Crippen LogP contribution in [0, 0.1) is 0 Å². The van der Waals surface area contributed by atoms with Crippen LogP contribution in [0.4, 0.5) is 0 Å². The molecule has 138 valence electrons. The molecule has 1 atom stereocenters. The zero-order valence-electron chi connectivity index (χ0n) is 15.4. The molecule has 2 aliphatic heterocycles. The van der Waals surface area contributed by atoms with Gasteiger partial charge in [0.05, 0.1) is 5.69 Å². The average Bonchev–Trinajstić information content (AvgIpc) is 3.03. The highest BCUT2D eigenvalue weighted by Gasteiger charge is 2.23. The molecule has 0 aliphatic carbocycles. The molecular weight excluding hydrogens is 326 g/mol. The Morgan fingerprint density at radius 3 is 2.96 bits per heavy atom. The smallest absolute Gasteiger partial charge is 0.231 e. The van der Waals surface area contributed by atoms with Crippen LogP contribution in [-0.2, 0) is 13.1 Å². The minimum atomic E-state index is 0.340. The van der Waals surface area contributed by atoms with E-state index in [0.717, 1.165) is 43.4 Å². The highest BCUT2D eigenvalue weighted by atomic mass is 16.7. The fourth-order valence-electron chi connectivity index (χ4n) is 3.97. The molecule has 0 radical (unpaired) electrons. The van der Waals surface area contributed by atoms with E-state index >= 15 is 0 Å². The average molecular weight is 353 g/mol. The summed E-state index contributed by atoms with van der Waals surface area (Å²) in [4.78, 5) is 9.47. The van der Waals surface area contributed by atoms with Gasteiger partial charge in [-0.3, -0.25) is 14.8 Å². The lowest BCUT2D eigenvalue weighted by Gasteiger charge is -2.27. The first-order valence-corrected chi connectivity index (χ1v) is 9.49. The summed E-state index contributed by atoms with van der Waals surface area (Å²) in [6, 6.07) is 13.0. The number of hydrogen-bond acceptors (Lipinski definition) is 5. The normalized spacial score (nSPS) is 20.3. The van der Waals surface area contributed by atoms with Gasteiger partial charge in [0.25, 0.3) is 0 Å². The third-order valence-corrected chi connectivity index (χ3v) is 5.42. The van der Waals surface area contributed by atoms with Crippen LogP contribution >= 0.6 is 0 Å². The van der Waals surface area contributed by atoms with Crippen LogP contribution in [0.5, 0.6) is 11.5 Å². The summed E-state index contributed by atoms with van der Waals surface area (Å²) in [6.07, 6.45) is 5.54. The van der Waals surface area contributed by atoms with Crippen LogP contribution in [0.2, 0.25) is 0 Å². The first-order valence-electron chi connectivity index (χ1n) is 9.49. The second kappa shape index (κ2) is 8.06. The number of rotatable bonds is 5. The van der Waals surface area contributed by atoms with Gasteiger partial charge in [0.15, 0.2) is 11.5 Å². The molecule has 1 saturated heterocycles. The lowest BCUT2D eigenvalue weighted by molar-refractivity contribution is 0.171. The van der Waals surface area contributed by atoms with E-state index in [1.165, 1.54) is 24.8 Å². The molecule has 0 saturated carbocycles. The Balaban J connectivity index is 1.34. The van der Waals surface area contributed by atoms with Gasteiger partial charge in [-0.2, -0.15) is 0 Å². The number of para-hydroxylation sites is 1. The maximum absolute atomic E-state index is 5.66. The zero-order valence-corrected chi connectivity index (χ0v) is 15.4. The first kappa shape index (κ1) is 17.3. The van der Waals surface area contributed by atoms with Crippen molar-refractivity contribution in [2.75, 3.05) is 26.9 Å². The van der Waals surface area contributed by atoms with Crippen LogP contribution in [0.3, 0.4) is 0 Å². The van der Waals surface area contributed by atoms with Gasteiger partial charge in [-0.15, -0.1) is 0 Å². The zero-order chi connectivity index (χ0) is 17.8. The summed E-state index contributed by atoms with van der Waals surface area (Å²) >= 11 is 0. The summed E-state index contributed by atoms with van der Waals surface area (Å²) in [5.41, 5.74) is 2.38. The predicted molar refractivity (Wildman–Crippen MR) is 101 cm³/mol. The standard InChI is InChI=1S/C21H27N3O2/c1-23(15-18-7-2-3-11-22-18)19-8-5-12-24(13-10-19)14-17-6-4-9-20-21(17)26-16-25-20/h2-4,6-7,9,11,19H,5,8,10,12-16H2,1H3/t19-/m1/s1. The van der Waals surface area contributed by atoms with E-state index in [1.54, 1.807) is 0 Å². The summed E-state index contributed by atoms with van der Waals surface area (Å²) in [5.74, 6) is 1.81. The van der Waals surface area contributed by atoms with E-state index < -0.39 is 0 Å². The van der Waals surface area contributed by atoms with E-state index in [0.29, 0.717) is 12.8 Å². The topological polar surface area (TPSA) is 37.8 Å². The third-order valence-electron chi connectivity index (χ3n) is 5.42. The molecule has 1 fully saturated rings. The molecule has 26 heavy (non-hydrogen) atoms. The van der Waals surface area contributed by atoms with Gasteiger partial charge in [0.1, 0.15) is 0 Å². The van der Waals surface area contributed by atoms with Crippen molar-refractivity contribution in [2.45, 2.75) is 38.4 Å². The lowest BCUT2D eigenvalue weighted by Crippen LogP contribution is -2.32. The molecule has 1 aromatic carbocycles. The van der Waals surface area contributed by atoms with Crippen LogP contribution in [0.1, 0.15) is 30.5 Å². The molecule has 0 spiro atoms. The van der Waals surface area contributed by atoms with Crippen molar-refractivity contribution in [2.24, 2.45) is 0 Å². The van der Waals surface area contributed by atoms with Crippen molar-refractivity contribution in [3.63, 3.8) is 0 Å². The summed E-state index contributed by atoms with van der Waals surface area (Å²) in [6.45, 7) is 4.44. The number of benzene rings is 1. The maximum Gasteiger partial charge on any atom is 0.231 e. The van der Waals surface area contributed by atoms with Crippen molar-refractivity contribution in [3.05, 3.63) is 53.9 Å². The van der Waals surface area contributed by atoms with Crippen LogP contribution < -0.4 is 9.47 Å². The van der Waals surface area contributed by atoms with Gasteiger partial charge in [-0.25, -0.2) is 0 Å². The molecule has 3 heterocycles. The number of likely N-dealkylation sites (tertiary alicyclic amines) is 1. The highest BCUT2D eigenvalue weighted by molar-refractivity contribution is 5.48. The SMILES string of the molecule is CN(Cc1ccccn1)[C@@H]1CCCN(Cc2cccc3c2OCO3)CC1. The molecule has 0 unspecified atom stereocenters. The maximum atomic E-state index is 5.66. The summed E-state index contributed by atoms with van der Waals surface area (Å²) in [5, 5.41) is 0. The Morgan fingerprint density at radius 2 is 2.08 bits per heavy atom. The second-order valence-electron chi connectivity index (χ2n) is 7.25. The number of pyridine rings is 1. The van der Waals surface area contributed by atoms with E-state index in [9.17, 15) is 0 Å². The fourth-order valence-corrected chi connectivity index (χ4v) is 3.97. The molecule has 0 amide bonds. The quantitative estimate of drug-likeness (QED) is 0.825. The van der Waals surface area contributed by atoms with Crippen molar-refractivity contribution < 1.29 is 9.47 Å². The molecule has 5 heteroatoms. The molecule has 4 rings (SSSR count). The summed E-state index contributed by atoms with van der Waals surface area (Å²) < 4.78 is 11.2. The molecule has 2 aliphatic rings. The third kappa shape index (κ3) is 4.00. The number of aromatic nitrogens is 1. The van der Waals surface area contributed by atoms with Gasteiger partial charge < -0.3 is 9.47 Å².